The number of nitriles is 1. The van der Waals surface area contributed by atoms with Crippen LogP contribution in [0.4, 0.5) is 8.78 Å². The topological polar surface area (TPSA) is 33.0 Å². The Bertz CT molecular complexity index is 615. The molecule has 19 heavy (non-hydrogen) atoms. The highest BCUT2D eigenvalue weighted by Crippen LogP contribution is 2.28. The van der Waals surface area contributed by atoms with Crippen molar-refractivity contribution in [3.63, 3.8) is 0 Å². The van der Waals surface area contributed by atoms with Crippen molar-refractivity contribution in [2.24, 2.45) is 0 Å². The van der Waals surface area contributed by atoms with E-state index in [1.165, 1.54) is 12.1 Å². The van der Waals surface area contributed by atoms with Crippen LogP contribution < -0.4 is 4.74 Å². The molecule has 0 saturated carbocycles. The first-order valence-corrected chi connectivity index (χ1v) is 5.66. The molecule has 2 nitrogen and oxygen atoms in total. The molecule has 0 radical (unpaired) electrons. The Kier molecular flexibility index (Phi) is 3.76. The Labute approximate surface area is 109 Å². The monoisotopic (exact) mass is 259 g/mol. The molecule has 0 aliphatic heterocycles. The smallest absolute Gasteiger partial charge is 0.387 e. The van der Waals surface area contributed by atoms with Gasteiger partial charge in [-0.1, -0.05) is 35.9 Å². The van der Waals surface area contributed by atoms with Crippen LogP contribution in [-0.4, -0.2) is 6.61 Å². The molecule has 0 N–H and O–H groups in total. The molecule has 0 aromatic heterocycles. The van der Waals surface area contributed by atoms with E-state index in [-0.39, 0.29) is 11.3 Å². The molecule has 0 atom stereocenters. The van der Waals surface area contributed by atoms with Crippen molar-refractivity contribution in [1.29, 1.82) is 5.26 Å². The molecule has 0 spiro atoms. The average Bonchev–Trinajstić information content (AvgIpc) is 2.39. The van der Waals surface area contributed by atoms with Crippen LogP contribution in [0.1, 0.15) is 11.1 Å². The zero-order chi connectivity index (χ0) is 13.8. The van der Waals surface area contributed by atoms with Gasteiger partial charge in [-0.05, 0) is 30.2 Å². The standard InChI is InChI=1S/C15H11F2NO/c1-10-2-4-11(5-3-10)12-6-7-13(9-18)14(8-12)19-15(16)17/h2-8,15H,1H3. The minimum atomic E-state index is -2.94. The van der Waals surface area contributed by atoms with E-state index in [4.69, 9.17) is 5.26 Å². The quantitative estimate of drug-likeness (QED) is 0.830. The summed E-state index contributed by atoms with van der Waals surface area (Å²) in [5, 5.41) is 8.85. The van der Waals surface area contributed by atoms with Gasteiger partial charge in [-0.15, -0.1) is 0 Å². The molecule has 4 heteroatoms. The van der Waals surface area contributed by atoms with Gasteiger partial charge in [-0.2, -0.15) is 14.0 Å². The van der Waals surface area contributed by atoms with Crippen LogP contribution >= 0.6 is 0 Å². The second-order valence-corrected chi connectivity index (χ2v) is 4.07. The lowest BCUT2D eigenvalue weighted by Crippen LogP contribution is -2.03. The molecule has 0 heterocycles. The van der Waals surface area contributed by atoms with E-state index in [0.29, 0.717) is 0 Å². The highest BCUT2D eigenvalue weighted by atomic mass is 19.3. The molecular formula is C15H11F2NO. The number of hydrogen-bond acceptors (Lipinski definition) is 2. The maximum absolute atomic E-state index is 12.3. The predicted octanol–water partition coefficient (Wildman–Crippen LogP) is 4.14. The molecule has 0 fully saturated rings. The van der Waals surface area contributed by atoms with Gasteiger partial charge in [0.1, 0.15) is 11.8 Å². The summed E-state index contributed by atoms with van der Waals surface area (Å²) in [5.41, 5.74) is 2.82. The zero-order valence-electron chi connectivity index (χ0n) is 10.2. The zero-order valence-corrected chi connectivity index (χ0v) is 10.2. The molecule has 0 saturated heterocycles. The fraction of sp³-hybridized carbons (Fsp3) is 0.133. The second kappa shape index (κ2) is 5.49. The van der Waals surface area contributed by atoms with Crippen molar-refractivity contribution in [3.8, 4) is 22.9 Å². The van der Waals surface area contributed by atoms with Gasteiger partial charge in [-0.3, -0.25) is 0 Å². The molecule has 2 aromatic rings. The van der Waals surface area contributed by atoms with Crippen molar-refractivity contribution in [1.82, 2.24) is 0 Å². The summed E-state index contributed by atoms with van der Waals surface area (Å²) >= 11 is 0. The van der Waals surface area contributed by atoms with Crippen molar-refractivity contribution < 1.29 is 13.5 Å². The summed E-state index contributed by atoms with van der Waals surface area (Å²) in [7, 11) is 0. The average molecular weight is 259 g/mol. The normalized spacial score (nSPS) is 10.3. The Morgan fingerprint density at radius 3 is 2.26 bits per heavy atom. The predicted molar refractivity (Wildman–Crippen MR) is 68.0 cm³/mol. The summed E-state index contributed by atoms with van der Waals surface area (Å²) in [6, 6.07) is 14.1. The number of halogens is 2. The molecule has 96 valence electrons. The summed E-state index contributed by atoms with van der Waals surface area (Å²) in [4.78, 5) is 0. The van der Waals surface area contributed by atoms with Gasteiger partial charge in [0.25, 0.3) is 0 Å². The van der Waals surface area contributed by atoms with E-state index in [9.17, 15) is 8.78 Å². The van der Waals surface area contributed by atoms with Gasteiger partial charge in [0.15, 0.2) is 0 Å². The fourth-order valence-corrected chi connectivity index (χ4v) is 1.73. The van der Waals surface area contributed by atoms with Crippen molar-refractivity contribution in [3.05, 3.63) is 53.6 Å². The Morgan fingerprint density at radius 2 is 1.68 bits per heavy atom. The lowest BCUT2D eigenvalue weighted by Gasteiger charge is -2.09. The number of alkyl halides is 2. The summed E-state index contributed by atoms with van der Waals surface area (Å²) < 4.78 is 29.0. The van der Waals surface area contributed by atoms with Gasteiger partial charge >= 0.3 is 6.61 Å². The van der Waals surface area contributed by atoms with Gasteiger partial charge in [0.05, 0.1) is 5.56 Å². The van der Waals surface area contributed by atoms with E-state index in [1.807, 2.05) is 37.3 Å². The first-order valence-electron chi connectivity index (χ1n) is 5.66. The van der Waals surface area contributed by atoms with E-state index >= 15 is 0 Å². The first-order chi connectivity index (χ1) is 9.10. The molecular weight excluding hydrogens is 248 g/mol. The van der Waals surface area contributed by atoms with Gasteiger partial charge < -0.3 is 4.74 Å². The summed E-state index contributed by atoms with van der Waals surface area (Å²) in [6.45, 7) is -0.978. The molecule has 2 aromatic carbocycles. The maximum atomic E-state index is 12.3. The third kappa shape index (κ3) is 3.08. The van der Waals surface area contributed by atoms with Crippen molar-refractivity contribution in [2.75, 3.05) is 0 Å². The third-order valence-electron chi connectivity index (χ3n) is 2.70. The Balaban J connectivity index is 2.43. The van der Waals surface area contributed by atoms with Crippen LogP contribution in [0.25, 0.3) is 11.1 Å². The van der Waals surface area contributed by atoms with Crippen LogP contribution in [-0.2, 0) is 0 Å². The number of benzene rings is 2. The van der Waals surface area contributed by atoms with Crippen molar-refractivity contribution in [2.45, 2.75) is 13.5 Å². The largest absolute Gasteiger partial charge is 0.433 e. The molecule has 0 aliphatic carbocycles. The van der Waals surface area contributed by atoms with Crippen molar-refractivity contribution >= 4 is 0 Å². The number of nitrogens with zero attached hydrogens (tertiary/aromatic N) is 1. The highest BCUT2D eigenvalue weighted by molar-refractivity contribution is 5.67. The van der Waals surface area contributed by atoms with Crippen LogP contribution in [0.15, 0.2) is 42.5 Å². The molecule has 0 amide bonds. The lowest BCUT2D eigenvalue weighted by atomic mass is 10.0. The van der Waals surface area contributed by atoms with Crippen LogP contribution in [0.5, 0.6) is 5.75 Å². The first kappa shape index (κ1) is 13.0. The van der Waals surface area contributed by atoms with Gasteiger partial charge in [-0.25, -0.2) is 0 Å². The van der Waals surface area contributed by atoms with E-state index in [1.54, 1.807) is 6.07 Å². The third-order valence-corrected chi connectivity index (χ3v) is 2.70. The Morgan fingerprint density at radius 1 is 1.05 bits per heavy atom. The van der Waals surface area contributed by atoms with Crippen LogP contribution in [0.3, 0.4) is 0 Å². The number of aryl methyl sites for hydroxylation is 1. The SMILES string of the molecule is Cc1ccc(-c2ccc(C#N)c(OC(F)F)c2)cc1. The molecule has 0 bridgehead atoms. The van der Waals surface area contributed by atoms with Gasteiger partial charge in [0.2, 0.25) is 0 Å². The number of rotatable bonds is 3. The maximum Gasteiger partial charge on any atom is 0.387 e. The molecule has 2 rings (SSSR count). The van der Waals surface area contributed by atoms with E-state index in [0.717, 1.165) is 16.7 Å². The molecule has 0 unspecified atom stereocenters. The van der Waals surface area contributed by atoms with Crippen LogP contribution in [0, 0.1) is 18.3 Å². The fourth-order valence-electron chi connectivity index (χ4n) is 1.73. The van der Waals surface area contributed by atoms with E-state index < -0.39 is 6.61 Å². The second-order valence-electron chi connectivity index (χ2n) is 4.07. The van der Waals surface area contributed by atoms with Gasteiger partial charge in [0, 0.05) is 0 Å². The number of ether oxygens (including phenoxy) is 1. The number of hydrogen-bond donors (Lipinski definition) is 0. The lowest BCUT2D eigenvalue weighted by molar-refractivity contribution is -0.0500. The Hall–Kier alpha value is -2.41. The van der Waals surface area contributed by atoms with Crippen LogP contribution in [0.2, 0.25) is 0 Å². The minimum Gasteiger partial charge on any atom is -0.433 e. The highest BCUT2D eigenvalue weighted by Gasteiger charge is 2.11. The van der Waals surface area contributed by atoms with E-state index in [2.05, 4.69) is 4.74 Å². The molecule has 0 aliphatic rings. The summed E-state index contributed by atoms with van der Waals surface area (Å²) in [6.07, 6.45) is 0. The minimum absolute atomic E-state index is 0.0937. The summed E-state index contributed by atoms with van der Waals surface area (Å²) in [5.74, 6) is -0.101.